The van der Waals surface area contributed by atoms with Crippen LogP contribution in [0, 0.1) is 5.92 Å². The Kier molecular flexibility index (Phi) is 4.34. The molecule has 0 unspecified atom stereocenters. The van der Waals surface area contributed by atoms with Crippen LogP contribution >= 0.6 is 0 Å². The molecule has 0 bridgehead atoms. The van der Waals surface area contributed by atoms with Crippen molar-refractivity contribution in [3.8, 4) is 0 Å². The molecule has 0 radical (unpaired) electrons. The highest BCUT2D eigenvalue weighted by Crippen LogP contribution is 2.31. The van der Waals surface area contributed by atoms with E-state index in [1.54, 1.807) is 6.07 Å². The van der Waals surface area contributed by atoms with Gasteiger partial charge in [0.25, 0.3) is 0 Å². The molecule has 2 rings (SSSR count). The van der Waals surface area contributed by atoms with E-state index in [0.29, 0.717) is 24.2 Å². The highest BCUT2D eigenvalue weighted by Gasteiger charge is 2.30. The molecule has 0 saturated heterocycles. The van der Waals surface area contributed by atoms with Crippen molar-refractivity contribution in [2.75, 3.05) is 11.9 Å². The molecule has 1 aliphatic rings. The Hall–Kier alpha value is -1.23. The summed E-state index contributed by atoms with van der Waals surface area (Å²) in [5.74, 6) is 0.509. The van der Waals surface area contributed by atoms with E-state index in [1.165, 1.54) is 6.07 Å². The molecule has 0 spiro atoms. The largest absolute Gasteiger partial charge is 0.416 e. The smallest absolute Gasteiger partial charge is 0.385 e. The van der Waals surface area contributed by atoms with Crippen LogP contribution in [0.25, 0.3) is 0 Å². The van der Waals surface area contributed by atoms with E-state index < -0.39 is 11.7 Å². The van der Waals surface area contributed by atoms with Crippen LogP contribution in [0.2, 0.25) is 0 Å². The minimum atomic E-state index is -4.28. The number of rotatable bonds is 3. The van der Waals surface area contributed by atoms with E-state index in [0.717, 1.165) is 37.8 Å². The quantitative estimate of drug-likeness (QED) is 0.881. The van der Waals surface area contributed by atoms with Gasteiger partial charge in [-0.05, 0) is 49.8 Å². The summed E-state index contributed by atoms with van der Waals surface area (Å²) >= 11 is 0. The Morgan fingerprint density at radius 2 is 1.84 bits per heavy atom. The van der Waals surface area contributed by atoms with E-state index in [2.05, 4.69) is 5.32 Å². The lowest BCUT2D eigenvalue weighted by Gasteiger charge is -2.26. The highest BCUT2D eigenvalue weighted by atomic mass is 19.4. The third-order valence-electron chi connectivity index (χ3n) is 3.68. The summed E-state index contributed by atoms with van der Waals surface area (Å²) in [6, 6.07) is 5.65. The fourth-order valence-corrected chi connectivity index (χ4v) is 2.46. The minimum Gasteiger partial charge on any atom is -0.385 e. The SMILES string of the molecule is N[C@H]1CC[C@H](CNc2cccc(C(F)(F)F)c2)CC1. The van der Waals surface area contributed by atoms with Gasteiger partial charge in [-0.15, -0.1) is 0 Å². The topological polar surface area (TPSA) is 38.0 Å². The van der Waals surface area contributed by atoms with E-state index in [4.69, 9.17) is 5.73 Å². The molecular weight excluding hydrogens is 253 g/mol. The van der Waals surface area contributed by atoms with Gasteiger partial charge in [0.05, 0.1) is 5.56 Å². The molecule has 0 aromatic heterocycles. The van der Waals surface area contributed by atoms with Crippen LogP contribution < -0.4 is 11.1 Å². The lowest BCUT2D eigenvalue weighted by Crippen LogP contribution is -2.29. The normalized spacial score (nSPS) is 24.2. The number of anilines is 1. The predicted octanol–water partition coefficient (Wildman–Crippen LogP) is 3.63. The predicted molar refractivity (Wildman–Crippen MR) is 69.9 cm³/mol. The van der Waals surface area contributed by atoms with Crippen molar-refractivity contribution in [1.29, 1.82) is 0 Å². The Morgan fingerprint density at radius 3 is 2.47 bits per heavy atom. The molecule has 5 heteroatoms. The summed E-state index contributed by atoms with van der Waals surface area (Å²) in [6.45, 7) is 0.716. The first-order chi connectivity index (χ1) is 8.95. The molecule has 1 fully saturated rings. The number of hydrogen-bond donors (Lipinski definition) is 2. The van der Waals surface area contributed by atoms with Crippen molar-refractivity contribution in [3.05, 3.63) is 29.8 Å². The molecule has 19 heavy (non-hydrogen) atoms. The second-order valence-corrected chi connectivity index (χ2v) is 5.24. The molecule has 106 valence electrons. The zero-order chi connectivity index (χ0) is 13.9. The molecule has 1 aromatic rings. The third kappa shape index (κ3) is 4.13. The first kappa shape index (κ1) is 14.2. The summed E-state index contributed by atoms with van der Waals surface area (Å²) in [4.78, 5) is 0. The van der Waals surface area contributed by atoms with Gasteiger partial charge >= 0.3 is 6.18 Å². The third-order valence-corrected chi connectivity index (χ3v) is 3.68. The summed E-state index contributed by atoms with van der Waals surface area (Å²) in [5.41, 5.74) is 5.75. The molecule has 0 atom stereocenters. The Morgan fingerprint density at radius 1 is 1.16 bits per heavy atom. The van der Waals surface area contributed by atoms with Crippen LogP contribution in [0.1, 0.15) is 31.2 Å². The van der Waals surface area contributed by atoms with Crippen LogP contribution in [0.5, 0.6) is 0 Å². The zero-order valence-electron chi connectivity index (χ0n) is 10.7. The maximum absolute atomic E-state index is 12.6. The van der Waals surface area contributed by atoms with Crippen LogP contribution in [-0.4, -0.2) is 12.6 Å². The van der Waals surface area contributed by atoms with Crippen molar-refractivity contribution in [2.24, 2.45) is 11.7 Å². The van der Waals surface area contributed by atoms with Gasteiger partial charge in [-0.3, -0.25) is 0 Å². The molecule has 0 aliphatic heterocycles. The van der Waals surface area contributed by atoms with Crippen LogP contribution in [0.3, 0.4) is 0 Å². The van der Waals surface area contributed by atoms with Crippen molar-refractivity contribution < 1.29 is 13.2 Å². The molecule has 1 saturated carbocycles. The number of nitrogens with one attached hydrogen (secondary N) is 1. The number of benzene rings is 1. The average molecular weight is 272 g/mol. The van der Waals surface area contributed by atoms with Crippen LogP contribution in [0.15, 0.2) is 24.3 Å². The number of hydrogen-bond acceptors (Lipinski definition) is 2. The van der Waals surface area contributed by atoms with Gasteiger partial charge in [-0.2, -0.15) is 13.2 Å². The first-order valence-electron chi connectivity index (χ1n) is 6.62. The standard InChI is InChI=1S/C14H19F3N2/c15-14(16,17)11-2-1-3-13(8-11)19-9-10-4-6-12(18)7-5-10/h1-3,8,10,12,19H,4-7,9,18H2/t10-,12-. The van der Waals surface area contributed by atoms with Gasteiger partial charge in [0.1, 0.15) is 0 Å². The van der Waals surface area contributed by atoms with Gasteiger partial charge in [0, 0.05) is 18.3 Å². The van der Waals surface area contributed by atoms with Gasteiger partial charge in [-0.1, -0.05) is 6.07 Å². The van der Waals surface area contributed by atoms with Crippen LogP contribution in [0.4, 0.5) is 18.9 Å². The Bertz CT molecular complexity index is 409. The van der Waals surface area contributed by atoms with E-state index in [9.17, 15) is 13.2 Å². The Balaban J connectivity index is 1.89. The monoisotopic (exact) mass is 272 g/mol. The minimum absolute atomic E-state index is 0.296. The van der Waals surface area contributed by atoms with Crippen molar-refractivity contribution in [3.63, 3.8) is 0 Å². The van der Waals surface area contributed by atoms with E-state index >= 15 is 0 Å². The van der Waals surface area contributed by atoms with Crippen LogP contribution in [-0.2, 0) is 6.18 Å². The van der Waals surface area contributed by atoms with Gasteiger partial charge in [0.15, 0.2) is 0 Å². The molecule has 3 N–H and O–H groups in total. The molecule has 2 nitrogen and oxygen atoms in total. The first-order valence-corrected chi connectivity index (χ1v) is 6.62. The average Bonchev–Trinajstić information content (AvgIpc) is 2.37. The molecule has 0 amide bonds. The van der Waals surface area contributed by atoms with Gasteiger partial charge in [0.2, 0.25) is 0 Å². The molecule has 1 aliphatic carbocycles. The van der Waals surface area contributed by atoms with Crippen molar-refractivity contribution in [1.82, 2.24) is 0 Å². The zero-order valence-corrected chi connectivity index (χ0v) is 10.7. The summed E-state index contributed by atoms with van der Waals surface area (Å²) in [5, 5.41) is 3.10. The lowest BCUT2D eigenvalue weighted by atomic mass is 9.86. The fourth-order valence-electron chi connectivity index (χ4n) is 2.46. The Labute approximate surface area is 111 Å². The number of alkyl halides is 3. The molecule has 0 heterocycles. The summed E-state index contributed by atoms with van der Waals surface area (Å²) in [6.07, 6.45) is -0.167. The van der Waals surface area contributed by atoms with Crippen molar-refractivity contribution >= 4 is 5.69 Å². The van der Waals surface area contributed by atoms with E-state index in [-0.39, 0.29) is 0 Å². The second kappa shape index (κ2) is 5.82. The van der Waals surface area contributed by atoms with E-state index in [1.807, 2.05) is 0 Å². The summed E-state index contributed by atoms with van der Waals surface area (Å²) < 4.78 is 37.7. The molecular formula is C14H19F3N2. The number of nitrogens with two attached hydrogens (primary N) is 1. The maximum atomic E-state index is 12.6. The number of halogens is 3. The fraction of sp³-hybridized carbons (Fsp3) is 0.571. The van der Waals surface area contributed by atoms with Gasteiger partial charge < -0.3 is 11.1 Å². The van der Waals surface area contributed by atoms with Crippen molar-refractivity contribution in [2.45, 2.75) is 37.9 Å². The maximum Gasteiger partial charge on any atom is 0.416 e. The highest BCUT2D eigenvalue weighted by molar-refractivity contribution is 5.46. The molecule has 1 aromatic carbocycles. The second-order valence-electron chi connectivity index (χ2n) is 5.24. The van der Waals surface area contributed by atoms with Gasteiger partial charge in [-0.25, -0.2) is 0 Å². The summed E-state index contributed by atoms with van der Waals surface area (Å²) in [7, 11) is 0. The lowest BCUT2D eigenvalue weighted by molar-refractivity contribution is -0.137.